The zero-order valence-corrected chi connectivity index (χ0v) is 20.9. The van der Waals surface area contributed by atoms with Gasteiger partial charge in [-0.1, -0.05) is 128 Å². The molecule has 1 atom stereocenters. The molecule has 0 bridgehead atoms. The lowest BCUT2D eigenvalue weighted by Gasteiger charge is -2.15. The highest BCUT2D eigenvalue weighted by molar-refractivity contribution is 7.86. The van der Waals surface area contributed by atoms with Crippen LogP contribution in [0.25, 0.3) is 29.4 Å². The average molecular weight is 483 g/mol. The van der Waals surface area contributed by atoms with Gasteiger partial charge in [-0.15, -0.1) is 0 Å². The number of rotatable bonds is 7. The maximum Gasteiger partial charge on any atom is 0.172 e. The Bertz CT molecular complexity index is 1570. The summed E-state index contributed by atoms with van der Waals surface area (Å²) in [5, 5.41) is 2.67. The summed E-state index contributed by atoms with van der Waals surface area (Å²) in [6.07, 6.45) is 13.8. The third kappa shape index (κ3) is 4.42. The van der Waals surface area contributed by atoms with Crippen LogP contribution in [0.5, 0.6) is 0 Å². The Labute approximate surface area is 213 Å². The Morgan fingerprint density at radius 3 is 1.78 bits per heavy atom. The normalized spacial score (nSPS) is 16.7. The molecule has 0 radical (unpaired) electrons. The van der Waals surface area contributed by atoms with Crippen molar-refractivity contribution in [1.29, 1.82) is 0 Å². The number of fused-ring (bicyclic) bond motifs is 3. The fourth-order valence-corrected chi connectivity index (χ4v) is 7.64. The van der Waals surface area contributed by atoms with Crippen molar-refractivity contribution >= 4 is 41.3 Å². The highest BCUT2D eigenvalue weighted by Gasteiger charge is 2.40. The Balaban J connectivity index is 1.64. The second-order valence-electron chi connectivity index (χ2n) is 8.68. The summed E-state index contributed by atoms with van der Waals surface area (Å²) in [4.78, 5) is 0. The zero-order chi connectivity index (χ0) is 25.0. The average Bonchev–Trinajstić information content (AvgIpc) is 3.19. The van der Waals surface area contributed by atoms with Crippen LogP contribution in [-0.2, 0) is 4.57 Å². The predicted molar refractivity (Wildman–Crippen MR) is 158 cm³/mol. The molecule has 1 heterocycles. The predicted octanol–water partition coefficient (Wildman–Crippen LogP) is 7.79. The van der Waals surface area contributed by atoms with Gasteiger partial charge in [-0.3, -0.25) is 0 Å². The van der Waals surface area contributed by atoms with Gasteiger partial charge in [0.15, 0.2) is 7.14 Å². The van der Waals surface area contributed by atoms with E-state index in [4.69, 9.17) is 0 Å². The fraction of sp³-hybridized carbons (Fsp3) is 0. The first-order valence-electron chi connectivity index (χ1n) is 11.9. The minimum absolute atomic E-state index is 0.865. The summed E-state index contributed by atoms with van der Waals surface area (Å²) < 4.78 is 14.8. The molecule has 0 saturated carbocycles. The molecule has 4 aromatic rings. The maximum atomic E-state index is 14.8. The van der Waals surface area contributed by atoms with E-state index in [0.717, 1.165) is 49.3 Å². The van der Waals surface area contributed by atoms with Crippen LogP contribution in [0.2, 0.25) is 0 Å². The molecule has 1 unspecified atom stereocenters. The van der Waals surface area contributed by atoms with Crippen LogP contribution < -0.4 is 15.9 Å². The summed E-state index contributed by atoms with van der Waals surface area (Å²) >= 11 is 0. The Kier molecular flexibility index (Phi) is 6.67. The van der Waals surface area contributed by atoms with Crippen LogP contribution in [-0.4, -0.2) is 0 Å². The molecule has 0 N–H and O–H groups in total. The van der Waals surface area contributed by atoms with Gasteiger partial charge in [-0.25, -0.2) is 0 Å². The van der Waals surface area contributed by atoms with Crippen molar-refractivity contribution in [3.63, 3.8) is 0 Å². The number of hydrogen-bond donors (Lipinski definition) is 0. The maximum absolute atomic E-state index is 14.8. The molecule has 1 aliphatic rings. The molecular weight excluding hydrogens is 455 g/mol. The lowest BCUT2D eigenvalue weighted by molar-refractivity contribution is 0.593. The molecule has 0 spiro atoms. The van der Waals surface area contributed by atoms with Crippen LogP contribution in [0.3, 0.4) is 0 Å². The first kappa shape index (κ1) is 23.5. The minimum atomic E-state index is -2.96. The number of benzene rings is 4. The van der Waals surface area contributed by atoms with Gasteiger partial charge >= 0.3 is 0 Å². The van der Waals surface area contributed by atoms with Gasteiger partial charge in [0.1, 0.15) is 0 Å². The summed E-state index contributed by atoms with van der Waals surface area (Å²) in [5.74, 6) is 0. The van der Waals surface area contributed by atoms with E-state index in [1.807, 2.05) is 78.9 Å². The largest absolute Gasteiger partial charge is 0.309 e. The summed E-state index contributed by atoms with van der Waals surface area (Å²) in [6, 6.07) is 32.6. The van der Waals surface area contributed by atoms with Crippen LogP contribution in [0.15, 0.2) is 140 Å². The highest BCUT2D eigenvalue weighted by Crippen LogP contribution is 2.52. The number of hydrogen-bond acceptors (Lipinski definition) is 1. The van der Waals surface area contributed by atoms with E-state index in [9.17, 15) is 4.57 Å². The molecule has 0 amide bonds. The smallest absolute Gasteiger partial charge is 0.172 e. The molecule has 0 fully saturated rings. The monoisotopic (exact) mass is 482 g/mol. The van der Waals surface area contributed by atoms with E-state index in [0.29, 0.717) is 0 Å². The first-order chi connectivity index (χ1) is 17.6. The van der Waals surface area contributed by atoms with Crippen molar-refractivity contribution in [2.24, 2.45) is 0 Å². The molecule has 174 valence electrons. The number of allylic oxidation sites excluding steroid dienone is 5. The highest BCUT2D eigenvalue weighted by atomic mass is 31.2. The van der Waals surface area contributed by atoms with Gasteiger partial charge in [0.2, 0.25) is 0 Å². The third-order valence-electron chi connectivity index (χ3n) is 6.41. The molecule has 0 aliphatic carbocycles. The van der Waals surface area contributed by atoms with Crippen molar-refractivity contribution in [3.8, 4) is 11.1 Å². The molecule has 2 heteroatoms. The van der Waals surface area contributed by atoms with Crippen molar-refractivity contribution in [3.05, 3.63) is 157 Å². The van der Waals surface area contributed by atoms with E-state index < -0.39 is 7.14 Å². The lowest BCUT2D eigenvalue weighted by Crippen LogP contribution is -2.20. The zero-order valence-electron chi connectivity index (χ0n) is 20.0. The van der Waals surface area contributed by atoms with E-state index in [2.05, 4.69) is 61.7 Å². The molecule has 0 saturated heterocycles. The molecule has 0 aromatic heterocycles. The third-order valence-corrected chi connectivity index (χ3v) is 9.57. The van der Waals surface area contributed by atoms with Gasteiger partial charge in [0.25, 0.3) is 0 Å². The molecule has 4 aromatic carbocycles. The minimum Gasteiger partial charge on any atom is -0.309 e. The van der Waals surface area contributed by atoms with Crippen molar-refractivity contribution in [2.45, 2.75) is 0 Å². The standard InChI is InChI=1S/C34H27OP/c1-3-11-26(4-2)16-18-28-20-22-33-31(24-28)32-25-29(19-17-27-12-7-5-8-13-27)21-23-34(32)36(33,35)30-14-9-6-10-15-30/h3-25H,1-2H2/b18-16+,19-17+,26-11+. The van der Waals surface area contributed by atoms with E-state index in [-0.39, 0.29) is 0 Å². The van der Waals surface area contributed by atoms with Crippen LogP contribution in [0, 0.1) is 0 Å². The van der Waals surface area contributed by atoms with Crippen LogP contribution >= 0.6 is 7.14 Å². The molecule has 36 heavy (non-hydrogen) atoms. The summed E-state index contributed by atoms with van der Waals surface area (Å²) in [6.45, 7) is 7.64. The molecule has 5 rings (SSSR count). The topological polar surface area (TPSA) is 17.1 Å². The Morgan fingerprint density at radius 1 is 0.639 bits per heavy atom. The van der Waals surface area contributed by atoms with E-state index >= 15 is 0 Å². The van der Waals surface area contributed by atoms with Gasteiger partial charge in [-0.2, -0.15) is 0 Å². The lowest BCUT2D eigenvalue weighted by atomic mass is 10.00. The molecular formula is C34H27OP. The Hall–Kier alpha value is -4.19. The fourth-order valence-electron chi connectivity index (χ4n) is 4.62. The van der Waals surface area contributed by atoms with Gasteiger partial charge < -0.3 is 4.57 Å². The summed E-state index contributed by atoms with van der Waals surface area (Å²) in [5.41, 5.74) is 6.31. The Morgan fingerprint density at radius 2 is 1.19 bits per heavy atom. The SMILES string of the molecule is C=C/C=C(C=C)/C=C/c1ccc2c(c1)-c1cc(/C=C/c3ccccc3)ccc1P2(=O)c1ccccc1. The quantitative estimate of drug-likeness (QED) is 0.131. The van der Waals surface area contributed by atoms with Crippen molar-refractivity contribution in [2.75, 3.05) is 0 Å². The molecule has 1 nitrogen and oxygen atoms in total. The second kappa shape index (κ2) is 10.2. The van der Waals surface area contributed by atoms with Gasteiger partial charge in [-0.05, 0) is 57.7 Å². The van der Waals surface area contributed by atoms with Crippen molar-refractivity contribution < 1.29 is 4.57 Å². The molecule has 1 aliphatic heterocycles. The second-order valence-corrected chi connectivity index (χ2v) is 11.4. The first-order valence-corrected chi connectivity index (χ1v) is 13.7. The van der Waals surface area contributed by atoms with E-state index in [1.54, 1.807) is 12.2 Å². The van der Waals surface area contributed by atoms with Gasteiger partial charge in [0, 0.05) is 15.9 Å². The van der Waals surface area contributed by atoms with Crippen LogP contribution in [0.4, 0.5) is 0 Å². The van der Waals surface area contributed by atoms with Crippen molar-refractivity contribution in [1.82, 2.24) is 0 Å². The van der Waals surface area contributed by atoms with E-state index in [1.165, 1.54) is 0 Å². The van der Waals surface area contributed by atoms with Gasteiger partial charge in [0.05, 0.1) is 0 Å². The summed E-state index contributed by atoms with van der Waals surface area (Å²) in [7, 11) is -2.96. The van der Waals surface area contributed by atoms with Crippen LogP contribution in [0.1, 0.15) is 16.7 Å².